The first kappa shape index (κ1) is 5.82. The Labute approximate surface area is 44.2 Å². The Morgan fingerprint density at radius 3 is 2.50 bits per heavy atom. The predicted molar refractivity (Wildman–Crippen MR) is 27.6 cm³/mol. The summed E-state index contributed by atoms with van der Waals surface area (Å²) in [5, 5.41) is 6.93. The van der Waals surface area contributed by atoms with Crippen molar-refractivity contribution < 1.29 is 4.79 Å². The molecule has 0 spiro atoms. The highest BCUT2D eigenvalue weighted by Crippen LogP contribution is 1.76. The van der Waals surface area contributed by atoms with Crippen molar-refractivity contribution in [1.29, 1.82) is 5.41 Å². The van der Waals surface area contributed by atoms with Crippen LogP contribution in [0.4, 0.5) is 0 Å². The Morgan fingerprint density at radius 1 is 2.00 bits per heavy atom. The maximum atomic E-state index is 9.48. The minimum atomic E-state index is 0.0787. The Kier molecular flexibility index (Phi) is 2.94. The Balaban J connectivity index is 3.23. The zero-order valence-corrected chi connectivity index (χ0v) is 4.66. The van der Waals surface area contributed by atoms with Crippen LogP contribution in [0.25, 0.3) is 0 Å². The molecule has 3 heteroatoms. The number of rotatable bonds is 2. The van der Waals surface area contributed by atoms with E-state index in [0.29, 0.717) is 11.6 Å². The summed E-state index contributed by atoms with van der Waals surface area (Å²) in [6, 6.07) is 0. The summed E-state index contributed by atoms with van der Waals surface area (Å²) in [7, 11) is 0. The molecule has 0 atom stereocenters. The monoisotopic (exact) mass is 149 g/mol. The Bertz CT molecular complexity index is 71.2. The number of hydrogen-bond acceptors (Lipinski definition) is 2. The molecule has 0 heterocycles. The van der Waals surface area contributed by atoms with Gasteiger partial charge >= 0.3 is 0 Å². The van der Waals surface area contributed by atoms with Gasteiger partial charge in [0.2, 0.25) is 0 Å². The van der Waals surface area contributed by atoms with Crippen LogP contribution in [0.1, 0.15) is 0 Å². The van der Waals surface area contributed by atoms with Crippen LogP contribution in [0.5, 0.6) is 0 Å². The first-order chi connectivity index (χ1) is 2.81. The third-order valence-electron chi connectivity index (χ3n) is 0.286. The number of aldehydes is 1. The summed E-state index contributed by atoms with van der Waals surface area (Å²) in [5.74, 6) is 0. The lowest BCUT2D eigenvalue weighted by Crippen LogP contribution is -1.95. The zero-order valence-electron chi connectivity index (χ0n) is 3.07. The minimum Gasteiger partial charge on any atom is -0.301 e. The molecule has 0 fully saturated rings. The van der Waals surface area contributed by atoms with Crippen molar-refractivity contribution in [2.45, 2.75) is 0 Å². The van der Waals surface area contributed by atoms with E-state index in [1.807, 2.05) is 0 Å². The van der Waals surface area contributed by atoms with E-state index in [2.05, 4.69) is 15.9 Å². The maximum Gasteiger partial charge on any atom is 0.164 e. The molecule has 34 valence electrons. The van der Waals surface area contributed by atoms with Crippen molar-refractivity contribution >= 4 is 27.9 Å². The smallest absolute Gasteiger partial charge is 0.164 e. The summed E-state index contributed by atoms with van der Waals surface area (Å²) in [6.07, 6.45) is 0.509. The summed E-state index contributed by atoms with van der Waals surface area (Å²) in [4.78, 5) is 9.48. The summed E-state index contributed by atoms with van der Waals surface area (Å²) in [6.45, 7) is 0. The fraction of sp³-hybridized carbons (Fsp3) is 0.333. The van der Waals surface area contributed by atoms with Crippen LogP contribution in [0.3, 0.4) is 0 Å². The molecule has 0 aromatic carbocycles. The van der Waals surface area contributed by atoms with Gasteiger partial charge in [-0.2, -0.15) is 0 Å². The van der Waals surface area contributed by atoms with Crippen molar-refractivity contribution in [3.8, 4) is 0 Å². The molecule has 0 saturated carbocycles. The molecule has 6 heavy (non-hydrogen) atoms. The SMILES string of the molecule is N=C(C=O)CBr. The molecule has 0 rings (SSSR count). The second kappa shape index (κ2) is 3.03. The average Bonchev–Trinajstić information content (AvgIpc) is 1.65. The van der Waals surface area contributed by atoms with Crippen molar-refractivity contribution in [2.24, 2.45) is 0 Å². The minimum absolute atomic E-state index is 0.0787. The van der Waals surface area contributed by atoms with Gasteiger partial charge in [0.25, 0.3) is 0 Å². The maximum absolute atomic E-state index is 9.48. The van der Waals surface area contributed by atoms with Crippen molar-refractivity contribution in [3.05, 3.63) is 0 Å². The fourth-order valence-corrected chi connectivity index (χ4v) is 0.164. The second-order valence-electron chi connectivity index (χ2n) is 0.777. The first-order valence-electron chi connectivity index (χ1n) is 1.40. The van der Waals surface area contributed by atoms with Gasteiger partial charge in [-0.3, -0.25) is 4.79 Å². The van der Waals surface area contributed by atoms with E-state index in [4.69, 9.17) is 5.41 Å². The van der Waals surface area contributed by atoms with E-state index in [-0.39, 0.29) is 5.71 Å². The topological polar surface area (TPSA) is 40.9 Å². The molecule has 2 nitrogen and oxygen atoms in total. The van der Waals surface area contributed by atoms with Crippen LogP contribution in [0.15, 0.2) is 0 Å². The number of alkyl halides is 1. The zero-order chi connectivity index (χ0) is 4.99. The lowest BCUT2D eigenvalue weighted by molar-refractivity contribution is -0.102. The van der Waals surface area contributed by atoms with Gasteiger partial charge in [-0.25, -0.2) is 0 Å². The standard InChI is InChI=1S/C3H4BrNO/c4-1-3(5)2-6/h2,5H,1H2. The normalized spacial score (nSPS) is 7.50. The van der Waals surface area contributed by atoms with Crippen LogP contribution in [-0.2, 0) is 4.79 Å². The highest BCUT2D eigenvalue weighted by Gasteiger charge is 1.82. The van der Waals surface area contributed by atoms with E-state index >= 15 is 0 Å². The van der Waals surface area contributed by atoms with Crippen LogP contribution in [-0.4, -0.2) is 17.3 Å². The van der Waals surface area contributed by atoms with Gasteiger partial charge in [0.05, 0.1) is 5.71 Å². The van der Waals surface area contributed by atoms with Crippen molar-refractivity contribution in [2.75, 3.05) is 5.33 Å². The van der Waals surface area contributed by atoms with E-state index in [9.17, 15) is 4.79 Å². The largest absolute Gasteiger partial charge is 0.301 e. The van der Waals surface area contributed by atoms with E-state index in [1.54, 1.807) is 0 Å². The number of carbonyl (C=O) groups is 1. The number of carbonyl (C=O) groups excluding carboxylic acids is 1. The molecule has 0 aliphatic rings. The first-order valence-corrected chi connectivity index (χ1v) is 2.52. The molecule has 0 amide bonds. The third-order valence-corrected chi connectivity index (χ3v) is 0.890. The Hall–Kier alpha value is -0.180. The fourth-order valence-electron chi connectivity index (χ4n) is 0.0315. The number of halogens is 1. The van der Waals surface area contributed by atoms with Gasteiger partial charge in [0.15, 0.2) is 6.29 Å². The van der Waals surface area contributed by atoms with Crippen LogP contribution >= 0.6 is 15.9 Å². The third kappa shape index (κ3) is 2.08. The van der Waals surface area contributed by atoms with E-state index in [0.717, 1.165) is 0 Å². The summed E-state index contributed by atoms with van der Waals surface area (Å²) >= 11 is 2.92. The quantitative estimate of drug-likeness (QED) is 0.349. The molecule has 0 radical (unpaired) electrons. The molecule has 0 aliphatic heterocycles. The van der Waals surface area contributed by atoms with E-state index in [1.165, 1.54) is 0 Å². The lowest BCUT2D eigenvalue weighted by atomic mass is 10.5. The molecule has 0 saturated heterocycles. The molecule has 0 aromatic rings. The number of nitrogens with one attached hydrogen (secondary N) is 1. The van der Waals surface area contributed by atoms with Crippen LogP contribution < -0.4 is 0 Å². The molecular weight excluding hydrogens is 146 g/mol. The van der Waals surface area contributed by atoms with Crippen LogP contribution in [0.2, 0.25) is 0 Å². The van der Waals surface area contributed by atoms with Gasteiger partial charge in [0.1, 0.15) is 0 Å². The molecule has 1 N–H and O–H groups in total. The second-order valence-corrected chi connectivity index (χ2v) is 1.34. The molecule has 0 bridgehead atoms. The van der Waals surface area contributed by atoms with Gasteiger partial charge < -0.3 is 5.41 Å². The van der Waals surface area contributed by atoms with Gasteiger partial charge in [-0.05, 0) is 0 Å². The van der Waals surface area contributed by atoms with Crippen LogP contribution in [0, 0.1) is 5.41 Å². The lowest BCUT2D eigenvalue weighted by Gasteiger charge is -1.74. The Morgan fingerprint density at radius 2 is 2.50 bits per heavy atom. The highest BCUT2D eigenvalue weighted by atomic mass is 79.9. The van der Waals surface area contributed by atoms with Gasteiger partial charge in [-0.1, -0.05) is 15.9 Å². The summed E-state index contributed by atoms with van der Waals surface area (Å²) in [5.41, 5.74) is 0.0787. The molecule has 0 aliphatic carbocycles. The molecule has 0 aromatic heterocycles. The molecular formula is C3H4BrNO. The van der Waals surface area contributed by atoms with E-state index < -0.39 is 0 Å². The van der Waals surface area contributed by atoms with Gasteiger partial charge in [0, 0.05) is 5.33 Å². The number of hydrogen-bond donors (Lipinski definition) is 1. The summed E-state index contributed by atoms with van der Waals surface area (Å²) < 4.78 is 0. The molecule has 0 unspecified atom stereocenters. The predicted octanol–water partition coefficient (Wildman–Crippen LogP) is 0.600. The van der Waals surface area contributed by atoms with Gasteiger partial charge in [-0.15, -0.1) is 0 Å². The average molecular weight is 150 g/mol. The van der Waals surface area contributed by atoms with Crippen molar-refractivity contribution in [1.82, 2.24) is 0 Å². The van der Waals surface area contributed by atoms with Crippen molar-refractivity contribution in [3.63, 3.8) is 0 Å². The highest BCUT2D eigenvalue weighted by molar-refractivity contribution is 9.09.